The molecule has 0 bridgehead atoms. The molecular formula is C22H37FIN5O. The number of nitrogens with zero attached hydrogens (tertiary/aromatic N) is 4. The fraction of sp³-hybridized carbons (Fsp3) is 0.682. The Bertz CT molecular complexity index is 666. The highest BCUT2D eigenvalue weighted by atomic mass is 127. The van der Waals surface area contributed by atoms with Crippen molar-refractivity contribution in [1.82, 2.24) is 20.0 Å². The van der Waals surface area contributed by atoms with Gasteiger partial charge in [0.1, 0.15) is 11.9 Å². The highest BCUT2D eigenvalue weighted by Crippen LogP contribution is 2.25. The van der Waals surface area contributed by atoms with Gasteiger partial charge in [-0.25, -0.2) is 4.39 Å². The molecule has 3 rings (SSSR count). The van der Waals surface area contributed by atoms with Crippen molar-refractivity contribution in [3.8, 4) is 0 Å². The molecule has 0 amide bonds. The Morgan fingerprint density at radius 3 is 2.47 bits per heavy atom. The maximum absolute atomic E-state index is 13.3. The minimum Gasteiger partial charge on any atom is -0.367 e. The quantitative estimate of drug-likeness (QED) is 0.359. The molecule has 1 aromatic rings. The summed E-state index contributed by atoms with van der Waals surface area (Å²) in [6.45, 7) is 14.6. The molecular weight excluding hydrogens is 496 g/mol. The maximum atomic E-state index is 13.3. The number of hydrogen-bond donors (Lipinski definition) is 1. The largest absolute Gasteiger partial charge is 0.367 e. The van der Waals surface area contributed by atoms with E-state index >= 15 is 0 Å². The number of guanidine groups is 1. The number of nitrogens with one attached hydrogen (secondary N) is 1. The maximum Gasteiger partial charge on any atom is 0.193 e. The summed E-state index contributed by atoms with van der Waals surface area (Å²) >= 11 is 0. The molecule has 3 unspecified atom stereocenters. The molecule has 2 heterocycles. The minimum absolute atomic E-state index is 0. The van der Waals surface area contributed by atoms with Crippen molar-refractivity contribution >= 4 is 29.9 Å². The number of hydrogen-bond acceptors (Lipinski definition) is 4. The van der Waals surface area contributed by atoms with E-state index in [-0.39, 0.29) is 42.0 Å². The third kappa shape index (κ3) is 6.77. The average Bonchev–Trinajstić information content (AvgIpc) is 2.74. The number of aliphatic imine (C=N–C) groups is 1. The van der Waals surface area contributed by atoms with Gasteiger partial charge in [-0.1, -0.05) is 19.1 Å². The summed E-state index contributed by atoms with van der Waals surface area (Å²) < 4.78 is 19.4. The number of morpholine rings is 1. The SMILES string of the molecule is CCN1CCN(C(C)CNC(=NC)N2CC(C)OC(c3ccc(F)cc3)C2)CC1.I. The second kappa shape index (κ2) is 12.2. The van der Waals surface area contributed by atoms with Gasteiger partial charge < -0.3 is 19.9 Å². The number of ether oxygens (including phenoxy) is 1. The van der Waals surface area contributed by atoms with Crippen LogP contribution in [0.1, 0.15) is 32.4 Å². The lowest BCUT2D eigenvalue weighted by Gasteiger charge is -2.40. The molecule has 0 aliphatic carbocycles. The standard InChI is InChI=1S/C22H36FN5O.HI/c1-5-26-10-12-27(13-11-26)17(2)14-25-22(24-4)28-15-18(3)29-21(16-28)19-6-8-20(23)9-7-19;/h6-9,17-18,21H,5,10-16H2,1-4H3,(H,24,25);1H. The molecule has 0 saturated carbocycles. The van der Waals surface area contributed by atoms with Crippen molar-refractivity contribution in [2.24, 2.45) is 4.99 Å². The Labute approximate surface area is 197 Å². The molecule has 30 heavy (non-hydrogen) atoms. The third-order valence-electron chi connectivity index (χ3n) is 6.05. The number of piperazine rings is 1. The predicted molar refractivity (Wildman–Crippen MR) is 131 cm³/mol. The minimum atomic E-state index is -0.222. The van der Waals surface area contributed by atoms with Crippen molar-refractivity contribution in [1.29, 1.82) is 0 Å². The van der Waals surface area contributed by atoms with Crippen LogP contribution in [0.15, 0.2) is 29.3 Å². The summed E-state index contributed by atoms with van der Waals surface area (Å²) in [6.07, 6.45) is -0.00524. The summed E-state index contributed by atoms with van der Waals surface area (Å²) in [7, 11) is 1.83. The lowest BCUT2D eigenvalue weighted by atomic mass is 10.1. The van der Waals surface area contributed by atoms with Gasteiger partial charge in [-0.2, -0.15) is 0 Å². The van der Waals surface area contributed by atoms with Crippen LogP contribution in [0, 0.1) is 5.82 Å². The van der Waals surface area contributed by atoms with E-state index in [1.54, 1.807) is 0 Å². The smallest absolute Gasteiger partial charge is 0.193 e. The fourth-order valence-electron chi connectivity index (χ4n) is 4.21. The van der Waals surface area contributed by atoms with Crippen LogP contribution in [-0.4, -0.2) is 92.2 Å². The highest BCUT2D eigenvalue weighted by Gasteiger charge is 2.29. The summed E-state index contributed by atoms with van der Waals surface area (Å²) in [5.74, 6) is 0.687. The predicted octanol–water partition coefficient (Wildman–Crippen LogP) is 2.81. The Morgan fingerprint density at radius 1 is 1.20 bits per heavy atom. The fourth-order valence-corrected chi connectivity index (χ4v) is 4.21. The Kier molecular flexibility index (Phi) is 10.3. The van der Waals surface area contributed by atoms with Crippen molar-refractivity contribution in [3.63, 3.8) is 0 Å². The van der Waals surface area contributed by atoms with Crippen LogP contribution in [0.2, 0.25) is 0 Å². The zero-order valence-corrected chi connectivity index (χ0v) is 21.0. The molecule has 0 aromatic heterocycles. The summed E-state index contributed by atoms with van der Waals surface area (Å²) in [5.41, 5.74) is 1.00. The summed E-state index contributed by atoms with van der Waals surface area (Å²) in [5, 5.41) is 3.57. The van der Waals surface area contributed by atoms with E-state index in [1.807, 2.05) is 19.2 Å². The van der Waals surface area contributed by atoms with Crippen LogP contribution < -0.4 is 5.32 Å². The molecule has 1 N–H and O–H groups in total. The molecule has 2 saturated heterocycles. The normalized spacial score (nSPS) is 25.0. The average molecular weight is 533 g/mol. The van der Waals surface area contributed by atoms with Crippen LogP contribution in [0.3, 0.4) is 0 Å². The van der Waals surface area contributed by atoms with Gasteiger partial charge in [0.05, 0.1) is 12.6 Å². The third-order valence-corrected chi connectivity index (χ3v) is 6.05. The van der Waals surface area contributed by atoms with Crippen molar-refractivity contribution in [2.75, 3.05) is 59.4 Å². The molecule has 3 atom stereocenters. The lowest BCUT2D eigenvalue weighted by Crippen LogP contribution is -2.55. The second-order valence-electron chi connectivity index (χ2n) is 8.14. The first-order valence-electron chi connectivity index (χ1n) is 10.8. The zero-order valence-electron chi connectivity index (χ0n) is 18.7. The number of likely N-dealkylation sites (N-methyl/N-ethyl adjacent to an activating group) is 1. The lowest BCUT2D eigenvalue weighted by molar-refractivity contribution is -0.0605. The van der Waals surface area contributed by atoms with E-state index in [1.165, 1.54) is 12.1 Å². The van der Waals surface area contributed by atoms with Gasteiger partial charge in [-0.3, -0.25) is 9.89 Å². The zero-order chi connectivity index (χ0) is 20.8. The Hall–Kier alpha value is -0.970. The van der Waals surface area contributed by atoms with Gasteiger partial charge in [0.2, 0.25) is 0 Å². The van der Waals surface area contributed by atoms with E-state index in [0.29, 0.717) is 12.6 Å². The van der Waals surface area contributed by atoms with Gasteiger partial charge in [-0.05, 0) is 38.1 Å². The molecule has 2 aliphatic rings. The van der Waals surface area contributed by atoms with E-state index < -0.39 is 0 Å². The molecule has 170 valence electrons. The molecule has 1 aromatic carbocycles. The van der Waals surface area contributed by atoms with Crippen LogP contribution in [0.25, 0.3) is 0 Å². The van der Waals surface area contributed by atoms with Gasteiger partial charge >= 0.3 is 0 Å². The van der Waals surface area contributed by atoms with E-state index in [4.69, 9.17) is 4.74 Å². The molecule has 0 spiro atoms. The van der Waals surface area contributed by atoms with Crippen LogP contribution >= 0.6 is 24.0 Å². The van der Waals surface area contributed by atoms with Crippen molar-refractivity contribution in [3.05, 3.63) is 35.6 Å². The van der Waals surface area contributed by atoms with Gasteiger partial charge in [-0.15, -0.1) is 24.0 Å². The molecule has 6 nitrogen and oxygen atoms in total. The van der Waals surface area contributed by atoms with Crippen LogP contribution in [-0.2, 0) is 4.74 Å². The van der Waals surface area contributed by atoms with Gasteiger partial charge in [0.15, 0.2) is 5.96 Å². The molecule has 8 heteroatoms. The molecule has 2 fully saturated rings. The molecule has 2 aliphatic heterocycles. The van der Waals surface area contributed by atoms with Crippen molar-refractivity contribution in [2.45, 2.75) is 39.0 Å². The van der Waals surface area contributed by atoms with E-state index in [9.17, 15) is 4.39 Å². The van der Waals surface area contributed by atoms with Crippen LogP contribution in [0.5, 0.6) is 0 Å². The first kappa shape index (κ1) is 25.3. The number of benzene rings is 1. The van der Waals surface area contributed by atoms with E-state index in [0.717, 1.165) is 57.3 Å². The van der Waals surface area contributed by atoms with Gasteiger partial charge in [0.25, 0.3) is 0 Å². The first-order valence-corrected chi connectivity index (χ1v) is 10.8. The molecule has 0 radical (unpaired) electrons. The van der Waals surface area contributed by atoms with Crippen molar-refractivity contribution < 1.29 is 9.13 Å². The summed E-state index contributed by atoms with van der Waals surface area (Å²) in [4.78, 5) is 11.8. The number of rotatable bonds is 5. The van der Waals surface area contributed by atoms with Gasteiger partial charge in [0, 0.05) is 52.4 Å². The second-order valence-corrected chi connectivity index (χ2v) is 8.14. The topological polar surface area (TPSA) is 43.3 Å². The van der Waals surface area contributed by atoms with E-state index in [2.05, 4.69) is 45.8 Å². The Morgan fingerprint density at radius 2 is 1.87 bits per heavy atom. The van der Waals surface area contributed by atoms with Crippen LogP contribution in [0.4, 0.5) is 4.39 Å². The first-order chi connectivity index (χ1) is 14.0. The monoisotopic (exact) mass is 533 g/mol. The highest BCUT2D eigenvalue weighted by molar-refractivity contribution is 14.0. The Balaban J connectivity index is 0.00000320. The summed E-state index contributed by atoms with van der Waals surface area (Å²) in [6, 6.07) is 7.07. The number of halogens is 2.